The molecule has 1 heterocycles. The lowest BCUT2D eigenvalue weighted by Gasteiger charge is -2.13. The lowest BCUT2D eigenvalue weighted by Crippen LogP contribution is -1.98. The van der Waals surface area contributed by atoms with Gasteiger partial charge in [-0.1, -0.05) is 12.1 Å². The largest absolute Gasteiger partial charge is 0.496 e. The summed E-state index contributed by atoms with van der Waals surface area (Å²) in [4.78, 5) is 16.0. The summed E-state index contributed by atoms with van der Waals surface area (Å²) in [5, 5.41) is 10.0. The van der Waals surface area contributed by atoms with Crippen molar-refractivity contribution >= 4 is 39.2 Å². The first kappa shape index (κ1) is 18.7. The van der Waals surface area contributed by atoms with Crippen molar-refractivity contribution in [3.63, 3.8) is 0 Å². The van der Waals surface area contributed by atoms with E-state index < -0.39 is 5.97 Å². The number of fused-ring (bicyclic) bond motifs is 1. The van der Waals surface area contributed by atoms with E-state index in [0.29, 0.717) is 33.4 Å². The van der Waals surface area contributed by atoms with Crippen molar-refractivity contribution in [3.05, 3.63) is 47.0 Å². The molecule has 0 bridgehead atoms. The molecule has 7 heteroatoms. The number of carboxylic acids is 1. The van der Waals surface area contributed by atoms with E-state index in [1.807, 2.05) is 24.3 Å². The Morgan fingerprint density at radius 2 is 1.74 bits per heavy atom. The second-order valence-electron chi connectivity index (χ2n) is 5.68. The van der Waals surface area contributed by atoms with E-state index in [9.17, 15) is 9.90 Å². The average molecular weight is 385 g/mol. The minimum Gasteiger partial charge on any atom is -0.496 e. The SMILES string of the molecule is COc1cc(OC)c(OC)cc1/C=C(\CC(=O)O)c1nc2ccccc2s1. The van der Waals surface area contributed by atoms with E-state index in [0.717, 1.165) is 10.2 Å². The zero-order chi connectivity index (χ0) is 19.4. The first-order valence-electron chi connectivity index (χ1n) is 8.14. The number of hydrogen-bond donors (Lipinski definition) is 1. The normalized spacial score (nSPS) is 11.4. The number of hydrogen-bond acceptors (Lipinski definition) is 6. The Morgan fingerprint density at radius 1 is 1.07 bits per heavy atom. The molecular weight excluding hydrogens is 366 g/mol. The second kappa shape index (κ2) is 8.09. The van der Waals surface area contributed by atoms with Crippen LogP contribution in [-0.2, 0) is 4.79 Å². The molecule has 0 atom stereocenters. The number of thiazole rings is 1. The smallest absolute Gasteiger partial charge is 0.307 e. The van der Waals surface area contributed by atoms with Crippen molar-refractivity contribution < 1.29 is 24.1 Å². The van der Waals surface area contributed by atoms with Gasteiger partial charge in [0.25, 0.3) is 0 Å². The van der Waals surface area contributed by atoms with E-state index >= 15 is 0 Å². The summed E-state index contributed by atoms with van der Waals surface area (Å²) in [7, 11) is 4.64. The first-order chi connectivity index (χ1) is 13.0. The van der Waals surface area contributed by atoms with Crippen LogP contribution in [0.2, 0.25) is 0 Å². The van der Waals surface area contributed by atoms with Crippen LogP contribution in [0.5, 0.6) is 17.2 Å². The van der Waals surface area contributed by atoms with Crippen LogP contribution < -0.4 is 14.2 Å². The maximum Gasteiger partial charge on any atom is 0.307 e. The molecule has 0 aliphatic carbocycles. The van der Waals surface area contributed by atoms with Crippen LogP contribution in [-0.4, -0.2) is 37.4 Å². The molecule has 0 fully saturated rings. The van der Waals surface area contributed by atoms with Gasteiger partial charge in [0.05, 0.1) is 38.0 Å². The van der Waals surface area contributed by atoms with Crippen molar-refractivity contribution in [1.82, 2.24) is 4.98 Å². The van der Waals surface area contributed by atoms with Crippen molar-refractivity contribution in [2.45, 2.75) is 6.42 Å². The average Bonchev–Trinajstić information content (AvgIpc) is 3.10. The number of benzene rings is 2. The van der Waals surface area contributed by atoms with Crippen LogP contribution in [0.3, 0.4) is 0 Å². The Labute approximate surface area is 160 Å². The van der Waals surface area contributed by atoms with Crippen molar-refractivity contribution in [3.8, 4) is 17.2 Å². The molecule has 0 saturated heterocycles. The Kier molecular flexibility index (Phi) is 5.61. The third-order valence-electron chi connectivity index (χ3n) is 3.98. The number of aromatic nitrogens is 1. The topological polar surface area (TPSA) is 77.9 Å². The van der Waals surface area contributed by atoms with E-state index in [1.165, 1.54) is 11.3 Å². The summed E-state index contributed by atoms with van der Waals surface area (Å²) >= 11 is 1.46. The summed E-state index contributed by atoms with van der Waals surface area (Å²) in [5.41, 5.74) is 2.12. The van der Waals surface area contributed by atoms with Crippen LogP contribution in [0, 0.1) is 0 Å². The quantitative estimate of drug-likeness (QED) is 0.652. The molecular formula is C20H19NO5S. The van der Waals surface area contributed by atoms with Gasteiger partial charge in [0.15, 0.2) is 11.5 Å². The third-order valence-corrected chi connectivity index (χ3v) is 5.09. The van der Waals surface area contributed by atoms with Gasteiger partial charge in [-0.2, -0.15) is 0 Å². The fourth-order valence-corrected chi connectivity index (χ4v) is 3.69. The summed E-state index contributed by atoms with van der Waals surface area (Å²) in [6.07, 6.45) is 1.62. The van der Waals surface area contributed by atoms with Gasteiger partial charge in [-0.15, -0.1) is 11.3 Å². The number of para-hydroxylation sites is 1. The first-order valence-corrected chi connectivity index (χ1v) is 8.95. The van der Waals surface area contributed by atoms with Gasteiger partial charge >= 0.3 is 5.97 Å². The van der Waals surface area contributed by atoms with Crippen LogP contribution >= 0.6 is 11.3 Å². The number of carboxylic acid groups (broad SMARTS) is 1. The Hall–Kier alpha value is -3.06. The minimum atomic E-state index is -0.931. The van der Waals surface area contributed by atoms with Crippen LogP contribution in [0.4, 0.5) is 0 Å². The molecule has 0 unspecified atom stereocenters. The standard InChI is InChI=1S/C20H19NO5S/c1-24-15-11-17(26-3)16(25-2)9-12(15)8-13(10-19(22)23)20-21-14-6-4-5-7-18(14)27-20/h4-9,11H,10H2,1-3H3,(H,22,23)/b13-8+. The van der Waals surface area contributed by atoms with Gasteiger partial charge in [-0.3, -0.25) is 4.79 Å². The second-order valence-corrected chi connectivity index (χ2v) is 6.71. The number of rotatable bonds is 7. The molecule has 6 nitrogen and oxygen atoms in total. The highest BCUT2D eigenvalue weighted by Gasteiger charge is 2.16. The lowest BCUT2D eigenvalue weighted by molar-refractivity contribution is -0.135. The molecule has 0 spiro atoms. The molecule has 1 aromatic heterocycles. The summed E-state index contributed by atoms with van der Waals surface area (Å²) in [6.45, 7) is 0. The molecule has 0 amide bonds. The highest BCUT2D eigenvalue weighted by atomic mass is 32.1. The van der Waals surface area contributed by atoms with Crippen molar-refractivity contribution in [2.75, 3.05) is 21.3 Å². The number of aliphatic carboxylic acids is 1. The molecule has 0 aliphatic heterocycles. The van der Waals surface area contributed by atoms with Crippen molar-refractivity contribution in [2.24, 2.45) is 0 Å². The third kappa shape index (κ3) is 4.03. The molecule has 3 rings (SSSR count). The fraction of sp³-hybridized carbons (Fsp3) is 0.200. The minimum absolute atomic E-state index is 0.155. The summed E-state index contributed by atoms with van der Waals surface area (Å²) in [5.74, 6) is 0.686. The maximum atomic E-state index is 11.4. The Bertz CT molecular complexity index is 976. The van der Waals surface area contributed by atoms with Gasteiger partial charge < -0.3 is 19.3 Å². The number of nitrogens with zero attached hydrogens (tertiary/aromatic N) is 1. The van der Waals surface area contributed by atoms with E-state index in [-0.39, 0.29) is 6.42 Å². The van der Waals surface area contributed by atoms with Crippen LogP contribution in [0.25, 0.3) is 21.9 Å². The van der Waals surface area contributed by atoms with Gasteiger partial charge in [0.2, 0.25) is 0 Å². The van der Waals surface area contributed by atoms with E-state index in [1.54, 1.807) is 39.5 Å². The molecule has 3 aromatic rings. The highest BCUT2D eigenvalue weighted by Crippen LogP contribution is 2.38. The molecule has 1 N–H and O–H groups in total. The molecule has 0 radical (unpaired) electrons. The summed E-state index contributed by atoms with van der Waals surface area (Å²) < 4.78 is 17.1. The molecule has 0 aliphatic rings. The monoisotopic (exact) mass is 385 g/mol. The predicted octanol–water partition coefficient (Wildman–Crippen LogP) is 4.34. The Balaban J connectivity index is 2.14. The predicted molar refractivity (Wildman–Crippen MR) is 106 cm³/mol. The lowest BCUT2D eigenvalue weighted by atomic mass is 10.1. The van der Waals surface area contributed by atoms with Crippen molar-refractivity contribution in [1.29, 1.82) is 0 Å². The summed E-state index contributed by atoms with van der Waals surface area (Å²) in [6, 6.07) is 11.2. The van der Waals surface area contributed by atoms with Gasteiger partial charge in [0, 0.05) is 11.6 Å². The number of ether oxygens (including phenoxy) is 3. The maximum absolute atomic E-state index is 11.4. The van der Waals surface area contributed by atoms with Crippen LogP contribution in [0.15, 0.2) is 36.4 Å². The molecule has 27 heavy (non-hydrogen) atoms. The fourth-order valence-electron chi connectivity index (χ4n) is 2.71. The van der Waals surface area contributed by atoms with Crippen LogP contribution in [0.1, 0.15) is 17.0 Å². The zero-order valence-corrected chi connectivity index (χ0v) is 16.0. The number of carbonyl (C=O) groups is 1. The molecule has 140 valence electrons. The zero-order valence-electron chi connectivity index (χ0n) is 15.2. The van der Waals surface area contributed by atoms with Gasteiger partial charge in [-0.25, -0.2) is 4.98 Å². The molecule has 2 aromatic carbocycles. The molecule has 0 saturated carbocycles. The number of methoxy groups -OCH3 is 3. The highest BCUT2D eigenvalue weighted by molar-refractivity contribution is 7.19. The van der Waals surface area contributed by atoms with Gasteiger partial charge in [-0.05, 0) is 29.8 Å². The Morgan fingerprint density at radius 3 is 2.37 bits per heavy atom. The van der Waals surface area contributed by atoms with Gasteiger partial charge in [0.1, 0.15) is 10.8 Å². The van der Waals surface area contributed by atoms with E-state index in [2.05, 4.69) is 4.98 Å². The van der Waals surface area contributed by atoms with E-state index in [4.69, 9.17) is 14.2 Å².